The van der Waals surface area contributed by atoms with E-state index in [1.54, 1.807) is 0 Å². The van der Waals surface area contributed by atoms with E-state index in [-0.39, 0.29) is 11.8 Å². The Labute approximate surface area is 178 Å². The summed E-state index contributed by atoms with van der Waals surface area (Å²) >= 11 is 0. The van der Waals surface area contributed by atoms with Gasteiger partial charge in [-0.25, -0.2) is 12.7 Å². The second kappa shape index (κ2) is 7.50. The number of hydrogen-bond acceptors (Lipinski definition) is 3. The Kier molecular flexibility index (Phi) is 4.94. The first-order valence-corrected chi connectivity index (χ1v) is 12.7. The summed E-state index contributed by atoms with van der Waals surface area (Å²) in [6.07, 6.45) is 3.75. The lowest BCUT2D eigenvalue weighted by Crippen LogP contribution is -2.47. The third kappa shape index (κ3) is 3.36. The molecule has 2 unspecified atom stereocenters. The molecule has 3 aliphatic carbocycles. The van der Waals surface area contributed by atoms with Crippen molar-refractivity contribution < 1.29 is 13.2 Å². The van der Waals surface area contributed by atoms with E-state index in [9.17, 15) is 13.2 Å². The summed E-state index contributed by atoms with van der Waals surface area (Å²) in [5, 5.41) is 3.18. The minimum absolute atomic E-state index is 0.00799. The maximum absolute atomic E-state index is 12.9. The molecule has 5 nitrogen and oxygen atoms in total. The SMILES string of the molecule is CS(=O)(=O)N1CCCC(C(=O)NCC2CC3c4ccccc4C2c2ccccc23)C1. The molecule has 2 bridgehead atoms. The number of fused-ring (bicyclic) bond motifs is 1. The molecule has 6 heteroatoms. The zero-order valence-corrected chi connectivity index (χ0v) is 18.1. The van der Waals surface area contributed by atoms with Gasteiger partial charge in [0.2, 0.25) is 15.9 Å². The smallest absolute Gasteiger partial charge is 0.224 e. The van der Waals surface area contributed by atoms with Gasteiger partial charge in [0.1, 0.15) is 0 Å². The second-order valence-corrected chi connectivity index (χ2v) is 11.0. The number of piperidine rings is 1. The first-order valence-electron chi connectivity index (χ1n) is 10.8. The van der Waals surface area contributed by atoms with Gasteiger partial charge in [0, 0.05) is 31.5 Å². The molecular formula is C24H28N2O3S. The van der Waals surface area contributed by atoms with E-state index in [0.717, 1.165) is 19.3 Å². The molecule has 30 heavy (non-hydrogen) atoms. The molecule has 1 heterocycles. The minimum atomic E-state index is -3.25. The third-order valence-electron chi connectivity index (χ3n) is 7.19. The highest BCUT2D eigenvalue weighted by molar-refractivity contribution is 7.88. The summed E-state index contributed by atoms with van der Waals surface area (Å²) in [7, 11) is -3.25. The number of sulfonamides is 1. The standard InChI is InChI=1S/C24H28N2O3S/c1-30(28,29)26-12-6-7-16(15-26)24(27)25-14-17-13-22-18-8-2-4-10-20(18)23(17)21-11-5-3-9-19(21)22/h2-5,8-11,16-17,22-23H,6-7,12-15H2,1H3,(H,25,27). The van der Waals surface area contributed by atoms with Crippen LogP contribution in [0.5, 0.6) is 0 Å². The van der Waals surface area contributed by atoms with Crippen molar-refractivity contribution in [2.24, 2.45) is 11.8 Å². The van der Waals surface area contributed by atoms with Crippen LogP contribution in [0.3, 0.4) is 0 Å². The molecule has 2 aromatic rings. The van der Waals surface area contributed by atoms with Gasteiger partial charge in [-0.15, -0.1) is 0 Å². The number of amides is 1. The van der Waals surface area contributed by atoms with Crippen molar-refractivity contribution in [3.05, 3.63) is 70.8 Å². The molecule has 2 atom stereocenters. The number of benzene rings is 2. The number of rotatable bonds is 4. The lowest BCUT2D eigenvalue weighted by molar-refractivity contribution is -0.126. The quantitative estimate of drug-likeness (QED) is 0.820. The van der Waals surface area contributed by atoms with Crippen molar-refractivity contribution in [1.29, 1.82) is 0 Å². The van der Waals surface area contributed by atoms with Crippen LogP contribution in [0.4, 0.5) is 0 Å². The molecule has 2 aromatic carbocycles. The molecule has 0 radical (unpaired) electrons. The van der Waals surface area contributed by atoms with Crippen LogP contribution in [0.1, 0.15) is 53.4 Å². The average Bonchev–Trinajstić information content (AvgIpc) is 2.77. The highest BCUT2D eigenvalue weighted by Crippen LogP contribution is 2.55. The van der Waals surface area contributed by atoms with Crippen LogP contribution in [-0.2, 0) is 14.8 Å². The first-order chi connectivity index (χ1) is 14.4. The molecule has 0 spiro atoms. The minimum Gasteiger partial charge on any atom is -0.356 e. The largest absolute Gasteiger partial charge is 0.356 e. The highest BCUT2D eigenvalue weighted by Gasteiger charge is 2.43. The Morgan fingerprint density at radius 3 is 2.23 bits per heavy atom. The topological polar surface area (TPSA) is 66.5 Å². The monoisotopic (exact) mass is 424 g/mol. The fourth-order valence-corrected chi connectivity index (χ4v) is 6.70. The van der Waals surface area contributed by atoms with Gasteiger partial charge in [-0.05, 0) is 47.4 Å². The van der Waals surface area contributed by atoms with Crippen LogP contribution in [0, 0.1) is 11.8 Å². The molecule has 158 valence electrons. The van der Waals surface area contributed by atoms with Crippen molar-refractivity contribution >= 4 is 15.9 Å². The number of carbonyl (C=O) groups is 1. The first kappa shape index (κ1) is 19.8. The number of nitrogens with zero attached hydrogens (tertiary/aromatic N) is 1. The number of nitrogens with one attached hydrogen (secondary N) is 1. The summed E-state index contributed by atoms with van der Waals surface area (Å²) in [5.41, 5.74) is 5.65. The lowest BCUT2D eigenvalue weighted by Gasteiger charge is -2.45. The van der Waals surface area contributed by atoms with Crippen molar-refractivity contribution in [2.45, 2.75) is 31.1 Å². The fraction of sp³-hybridized carbons (Fsp3) is 0.458. The highest BCUT2D eigenvalue weighted by atomic mass is 32.2. The van der Waals surface area contributed by atoms with Gasteiger partial charge < -0.3 is 5.32 Å². The predicted molar refractivity (Wildman–Crippen MR) is 117 cm³/mol. The maximum atomic E-state index is 12.9. The molecule has 4 aliphatic rings. The van der Waals surface area contributed by atoms with Crippen LogP contribution in [-0.4, -0.2) is 44.5 Å². The van der Waals surface area contributed by atoms with Crippen LogP contribution in [0.15, 0.2) is 48.5 Å². The Hall–Kier alpha value is -2.18. The molecular weight excluding hydrogens is 396 g/mol. The van der Waals surface area contributed by atoms with E-state index in [1.165, 1.54) is 32.8 Å². The van der Waals surface area contributed by atoms with E-state index >= 15 is 0 Å². The summed E-state index contributed by atoms with van der Waals surface area (Å²) in [5.74, 6) is 0.792. The Morgan fingerprint density at radius 2 is 1.63 bits per heavy atom. The summed E-state index contributed by atoms with van der Waals surface area (Å²) in [4.78, 5) is 12.9. The van der Waals surface area contributed by atoms with Crippen LogP contribution >= 0.6 is 0 Å². The van der Waals surface area contributed by atoms with Gasteiger partial charge in [0.05, 0.1) is 12.2 Å². The molecule has 1 N–H and O–H groups in total. The predicted octanol–water partition coefficient (Wildman–Crippen LogP) is 3.07. The van der Waals surface area contributed by atoms with Gasteiger partial charge in [0.15, 0.2) is 0 Å². The Balaban J connectivity index is 1.33. The summed E-state index contributed by atoms with van der Waals surface area (Å²) < 4.78 is 25.2. The Morgan fingerprint density at radius 1 is 1.03 bits per heavy atom. The van der Waals surface area contributed by atoms with Crippen LogP contribution < -0.4 is 5.32 Å². The van der Waals surface area contributed by atoms with Gasteiger partial charge in [-0.3, -0.25) is 4.79 Å². The van der Waals surface area contributed by atoms with E-state index in [0.29, 0.717) is 37.4 Å². The fourth-order valence-electron chi connectivity index (χ4n) is 5.79. The van der Waals surface area contributed by atoms with Crippen molar-refractivity contribution in [2.75, 3.05) is 25.9 Å². The normalized spacial score (nSPS) is 27.9. The van der Waals surface area contributed by atoms with E-state index in [4.69, 9.17) is 0 Å². The molecule has 1 amide bonds. The second-order valence-electron chi connectivity index (χ2n) is 8.99. The zero-order chi connectivity index (χ0) is 20.9. The summed E-state index contributed by atoms with van der Waals surface area (Å²) in [6.45, 7) is 1.45. The molecule has 1 fully saturated rings. The maximum Gasteiger partial charge on any atom is 0.224 e. The molecule has 1 saturated heterocycles. The average molecular weight is 425 g/mol. The third-order valence-corrected chi connectivity index (χ3v) is 8.45. The van der Waals surface area contributed by atoms with Crippen molar-refractivity contribution in [3.8, 4) is 0 Å². The van der Waals surface area contributed by atoms with Crippen LogP contribution in [0.2, 0.25) is 0 Å². The Bertz CT molecular complexity index is 1030. The van der Waals surface area contributed by atoms with E-state index in [1.807, 2.05) is 0 Å². The summed E-state index contributed by atoms with van der Waals surface area (Å²) in [6, 6.07) is 17.4. The number of hydrogen-bond donors (Lipinski definition) is 1. The molecule has 6 rings (SSSR count). The van der Waals surface area contributed by atoms with Crippen molar-refractivity contribution in [1.82, 2.24) is 9.62 Å². The van der Waals surface area contributed by atoms with Gasteiger partial charge in [-0.1, -0.05) is 48.5 Å². The van der Waals surface area contributed by atoms with Gasteiger partial charge in [0.25, 0.3) is 0 Å². The van der Waals surface area contributed by atoms with Gasteiger partial charge >= 0.3 is 0 Å². The zero-order valence-electron chi connectivity index (χ0n) is 17.3. The van der Waals surface area contributed by atoms with Gasteiger partial charge in [-0.2, -0.15) is 0 Å². The molecule has 0 saturated carbocycles. The number of carbonyl (C=O) groups excluding carboxylic acids is 1. The molecule has 0 aromatic heterocycles. The van der Waals surface area contributed by atoms with Crippen LogP contribution in [0.25, 0.3) is 0 Å². The molecule has 1 aliphatic heterocycles. The van der Waals surface area contributed by atoms with E-state index in [2.05, 4.69) is 53.8 Å². The lowest BCUT2D eigenvalue weighted by atomic mass is 9.59. The van der Waals surface area contributed by atoms with Crippen molar-refractivity contribution in [3.63, 3.8) is 0 Å². The van der Waals surface area contributed by atoms with E-state index < -0.39 is 10.0 Å².